The summed E-state index contributed by atoms with van der Waals surface area (Å²) in [6.07, 6.45) is 1.83. The van der Waals surface area contributed by atoms with Crippen LogP contribution < -0.4 is 0 Å². The van der Waals surface area contributed by atoms with Crippen LogP contribution in [0.25, 0.3) is 11.0 Å². The maximum atomic E-state index is 12.7. The highest BCUT2D eigenvalue weighted by Crippen LogP contribution is 2.28. The summed E-state index contributed by atoms with van der Waals surface area (Å²) in [6, 6.07) is 7.91. The van der Waals surface area contributed by atoms with Crippen molar-refractivity contribution in [3.63, 3.8) is 0 Å². The smallest absolute Gasteiger partial charge is 0.281 e. The van der Waals surface area contributed by atoms with Crippen molar-refractivity contribution in [1.82, 2.24) is 18.6 Å². The van der Waals surface area contributed by atoms with Crippen molar-refractivity contribution in [2.45, 2.75) is 32.6 Å². The van der Waals surface area contributed by atoms with Crippen LogP contribution in [0, 0.1) is 0 Å². The lowest BCUT2D eigenvalue weighted by Crippen LogP contribution is -2.47. The zero-order chi connectivity index (χ0) is 16.4. The van der Waals surface area contributed by atoms with Crippen LogP contribution >= 0.6 is 0 Å². The molecule has 0 bridgehead atoms. The van der Waals surface area contributed by atoms with Crippen LogP contribution in [0.4, 0.5) is 0 Å². The second kappa shape index (κ2) is 6.59. The van der Waals surface area contributed by atoms with E-state index >= 15 is 0 Å². The summed E-state index contributed by atoms with van der Waals surface area (Å²) >= 11 is 0. The molecule has 7 heteroatoms. The van der Waals surface area contributed by atoms with Crippen LogP contribution in [0.5, 0.6) is 0 Å². The van der Waals surface area contributed by atoms with E-state index in [0.717, 1.165) is 29.7 Å². The molecular formula is C16H24N4O2S. The zero-order valence-electron chi connectivity index (χ0n) is 13.7. The number of fused-ring (bicyclic) bond motifs is 1. The second-order valence-corrected chi connectivity index (χ2v) is 7.86. The largest absolute Gasteiger partial charge is 0.342 e. The van der Waals surface area contributed by atoms with Gasteiger partial charge in [-0.1, -0.05) is 26.0 Å². The lowest BCUT2D eigenvalue weighted by Gasteiger charge is -2.34. The molecule has 23 heavy (non-hydrogen) atoms. The van der Waals surface area contributed by atoms with Crippen molar-refractivity contribution in [3.05, 3.63) is 30.1 Å². The van der Waals surface area contributed by atoms with E-state index in [1.807, 2.05) is 38.1 Å². The van der Waals surface area contributed by atoms with Gasteiger partial charge in [0.25, 0.3) is 10.2 Å². The summed E-state index contributed by atoms with van der Waals surface area (Å²) in [5, 5.41) is 0. The molecule has 0 amide bonds. The lowest BCUT2D eigenvalue weighted by molar-refractivity contribution is 0.284. The second-order valence-electron chi connectivity index (χ2n) is 5.93. The molecule has 0 radical (unpaired) electrons. The number of aromatic amines is 1. The fourth-order valence-corrected chi connectivity index (χ4v) is 4.96. The molecule has 1 aliphatic rings. The molecule has 2 heterocycles. The van der Waals surface area contributed by atoms with Crippen LogP contribution in [0.1, 0.15) is 38.4 Å². The summed E-state index contributed by atoms with van der Waals surface area (Å²) in [5.41, 5.74) is 1.94. The van der Waals surface area contributed by atoms with Gasteiger partial charge in [-0.3, -0.25) is 0 Å². The molecule has 6 nitrogen and oxygen atoms in total. The van der Waals surface area contributed by atoms with E-state index < -0.39 is 10.2 Å². The topological polar surface area (TPSA) is 69.3 Å². The van der Waals surface area contributed by atoms with Gasteiger partial charge in [-0.15, -0.1) is 0 Å². The first-order valence-electron chi connectivity index (χ1n) is 8.26. The third kappa shape index (κ3) is 3.13. The number of nitrogens with zero attached hydrogens (tertiary/aromatic N) is 3. The van der Waals surface area contributed by atoms with Crippen LogP contribution in [0.3, 0.4) is 0 Å². The average Bonchev–Trinajstić information content (AvgIpc) is 3.00. The van der Waals surface area contributed by atoms with E-state index in [-0.39, 0.29) is 5.92 Å². The Balaban J connectivity index is 1.83. The number of nitrogens with one attached hydrogen (secondary N) is 1. The van der Waals surface area contributed by atoms with E-state index in [1.54, 1.807) is 4.31 Å². The third-order valence-electron chi connectivity index (χ3n) is 4.54. The van der Waals surface area contributed by atoms with E-state index in [4.69, 9.17) is 0 Å². The first-order chi connectivity index (χ1) is 11.1. The third-order valence-corrected chi connectivity index (χ3v) is 6.69. The summed E-state index contributed by atoms with van der Waals surface area (Å²) in [6.45, 7) is 5.85. The number of aromatic nitrogens is 2. The zero-order valence-corrected chi connectivity index (χ0v) is 14.5. The number of hydrogen-bond donors (Lipinski definition) is 1. The number of hydrogen-bond acceptors (Lipinski definition) is 3. The molecule has 1 saturated heterocycles. The fourth-order valence-electron chi connectivity index (χ4n) is 3.25. The molecule has 3 rings (SSSR count). The van der Waals surface area contributed by atoms with E-state index in [2.05, 4.69) is 9.97 Å². The Labute approximate surface area is 137 Å². The van der Waals surface area contributed by atoms with Crippen molar-refractivity contribution in [1.29, 1.82) is 0 Å². The molecule has 126 valence electrons. The molecule has 2 aromatic rings. The van der Waals surface area contributed by atoms with Crippen molar-refractivity contribution in [2.75, 3.05) is 26.2 Å². The molecule has 0 spiro atoms. The van der Waals surface area contributed by atoms with Crippen molar-refractivity contribution in [2.24, 2.45) is 0 Å². The maximum Gasteiger partial charge on any atom is 0.281 e. The number of benzene rings is 1. The Morgan fingerprint density at radius 1 is 1.30 bits per heavy atom. The van der Waals surface area contributed by atoms with Gasteiger partial charge >= 0.3 is 0 Å². The minimum Gasteiger partial charge on any atom is -0.342 e. The average molecular weight is 336 g/mol. The molecule has 0 saturated carbocycles. The number of para-hydroxylation sites is 2. The van der Waals surface area contributed by atoms with Gasteiger partial charge in [0, 0.05) is 32.1 Å². The fraction of sp³-hybridized carbons (Fsp3) is 0.562. The van der Waals surface area contributed by atoms with Crippen molar-refractivity contribution >= 4 is 21.2 Å². The minimum absolute atomic E-state index is 0.126. The summed E-state index contributed by atoms with van der Waals surface area (Å²) in [4.78, 5) is 8.00. The highest BCUT2D eigenvalue weighted by atomic mass is 32.2. The predicted octanol–water partition coefficient (Wildman–Crippen LogP) is 2.33. The predicted molar refractivity (Wildman–Crippen MR) is 91.5 cm³/mol. The SMILES string of the molecule is CCN(CC)S(=O)(=O)N1CCC[C@@H](c2nc3ccccc3[nH]2)C1. The summed E-state index contributed by atoms with van der Waals surface area (Å²) in [7, 11) is -3.37. The van der Waals surface area contributed by atoms with Gasteiger partial charge in [0.05, 0.1) is 11.0 Å². The van der Waals surface area contributed by atoms with Crippen LogP contribution in [0.15, 0.2) is 24.3 Å². The number of piperidine rings is 1. The monoisotopic (exact) mass is 336 g/mol. The first kappa shape index (κ1) is 16.4. The number of H-pyrrole nitrogens is 1. The summed E-state index contributed by atoms with van der Waals surface area (Å²) in [5.74, 6) is 1.02. The van der Waals surface area contributed by atoms with Gasteiger partial charge in [-0.25, -0.2) is 4.98 Å². The Bertz CT molecular complexity index is 734. The Morgan fingerprint density at radius 2 is 2.04 bits per heavy atom. The Kier molecular flexibility index (Phi) is 4.70. The molecule has 0 unspecified atom stereocenters. The highest BCUT2D eigenvalue weighted by Gasteiger charge is 2.33. The van der Waals surface area contributed by atoms with Gasteiger partial charge in [-0.2, -0.15) is 17.0 Å². The van der Waals surface area contributed by atoms with Crippen LogP contribution in [-0.2, 0) is 10.2 Å². The maximum absolute atomic E-state index is 12.7. The van der Waals surface area contributed by atoms with Gasteiger partial charge in [0.1, 0.15) is 5.82 Å². The van der Waals surface area contributed by atoms with Crippen LogP contribution in [-0.4, -0.2) is 53.2 Å². The standard InChI is InChI=1S/C16H24N4O2S/c1-3-19(4-2)23(21,22)20-11-7-8-13(12-20)16-17-14-9-5-6-10-15(14)18-16/h5-6,9-10,13H,3-4,7-8,11-12H2,1-2H3,(H,17,18)/t13-/m1/s1. The molecule has 1 fully saturated rings. The van der Waals surface area contributed by atoms with Crippen molar-refractivity contribution in [3.8, 4) is 0 Å². The number of imidazole rings is 1. The first-order valence-corrected chi connectivity index (χ1v) is 9.65. The van der Waals surface area contributed by atoms with Crippen molar-refractivity contribution < 1.29 is 8.42 Å². The van der Waals surface area contributed by atoms with Gasteiger partial charge in [-0.05, 0) is 25.0 Å². The van der Waals surface area contributed by atoms with E-state index in [1.165, 1.54) is 4.31 Å². The van der Waals surface area contributed by atoms with Crippen LogP contribution in [0.2, 0.25) is 0 Å². The number of rotatable bonds is 5. The molecule has 0 aliphatic carbocycles. The molecule has 1 aromatic carbocycles. The minimum atomic E-state index is -3.37. The molecule has 1 aromatic heterocycles. The molecule has 1 atom stereocenters. The quantitative estimate of drug-likeness (QED) is 0.911. The van der Waals surface area contributed by atoms with Gasteiger partial charge in [0.2, 0.25) is 0 Å². The van der Waals surface area contributed by atoms with Gasteiger partial charge in [0.15, 0.2) is 0 Å². The lowest BCUT2D eigenvalue weighted by atomic mass is 9.99. The molecular weight excluding hydrogens is 312 g/mol. The Hall–Kier alpha value is -1.44. The van der Waals surface area contributed by atoms with E-state index in [9.17, 15) is 8.42 Å². The summed E-state index contributed by atoms with van der Waals surface area (Å²) < 4.78 is 28.6. The van der Waals surface area contributed by atoms with E-state index in [0.29, 0.717) is 26.2 Å². The molecule has 1 N–H and O–H groups in total. The molecule has 1 aliphatic heterocycles. The normalized spacial score (nSPS) is 20.4. The van der Waals surface area contributed by atoms with Gasteiger partial charge < -0.3 is 4.98 Å². The Morgan fingerprint density at radius 3 is 2.74 bits per heavy atom. The highest BCUT2D eigenvalue weighted by molar-refractivity contribution is 7.86.